The Hall–Kier alpha value is -1.97. The van der Waals surface area contributed by atoms with E-state index in [0.717, 1.165) is 11.3 Å². The number of phenolic OH excluding ortho intramolecular Hbond substituents is 1. The molecular weight excluding hydrogens is 178 g/mol. The molecule has 0 aliphatic heterocycles. The Kier molecular flexibility index (Phi) is 1.89. The fraction of sp³-hybridized carbons (Fsp3) is 0.100. The Morgan fingerprint density at radius 2 is 2.07 bits per heavy atom. The van der Waals surface area contributed by atoms with Gasteiger partial charge in [0.25, 0.3) is 0 Å². The maximum Gasteiger partial charge on any atom is 0.146 e. The van der Waals surface area contributed by atoms with Gasteiger partial charge in [-0.05, 0) is 12.1 Å². The summed E-state index contributed by atoms with van der Waals surface area (Å²) in [7, 11) is 1.79. The van der Waals surface area contributed by atoms with Gasteiger partial charge in [0.2, 0.25) is 0 Å². The van der Waals surface area contributed by atoms with Crippen LogP contribution < -0.4 is 5.73 Å². The van der Waals surface area contributed by atoms with Crippen LogP contribution in [-0.2, 0) is 7.05 Å². The predicted octanol–water partition coefficient (Wildman–Crippen LogP) is 1.37. The standard InChI is InChI=1S/C10H11N3O/c1-13-8(6-10(11)12-13)7-4-2-3-5-9(7)14/h2-6,14H,1H3,(H2,11,12). The molecule has 0 bridgehead atoms. The SMILES string of the molecule is Cn1nc(N)cc1-c1ccccc1O. The average Bonchev–Trinajstić information content (AvgIpc) is 2.46. The van der Waals surface area contributed by atoms with E-state index in [-0.39, 0.29) is 5.75 Å². The summed E-state index contributed by atoms with van der Waals surface area (Å²) in [5.74, 6) is 0.682. The Balaban J connectivity index is 2.60. The van der Waals surface area contributed by atoms with Crippen molar-refractivity contribution in [3.63, 3.8) is 0 Å². The predicted molar refractivity (Wildman–Crippen MR) is 54.7 cm³/mol. The number of nitrogens with zero attached hydrogens (tertiary/aromatic N) is 2. The second-order valence-corrected chi connectivity index (χ2v) is 3.10. The van der Waals surface area contributed by atoms with Crippen molar-refractivity contribution in [3.8, 4) is 17.0 Å². The number of anilines is 1. The van der Waals surface area contributed by atoms with Gasteiger partial charge < -0.3 is 10.8 Å². The van der Waals surface area contributed by atoms with Gasteiger partial charge in [0, 0.05) is 18.7 Å². The molecule has 0 saturated carbocycles. The van der Waals surface area contributed by atoms with Crippen molar-refractivity contribution in [3.05, 3.63) is 30.3 Å². The minimum Gasteiger partial charge on any atom is -0.507 e. The van der Waals surface area contributed by atoms with Gasteiger partial charge in [0.05, 0.1) is 5.69 Å². The highest BCUT2D eigenvalue weighted by atomic mass is 16.3. The summed E-state index contributed by atoms with van der Waals surface area (Å²) in [5, 5.41) is 13.6. The highest BCUT2D eigenvalue weighted by molar-refractivity contribution is 5.68. The van der Waals surface area contributed by atoms with E-state index in [2.05, 4.69) is 5.10 Å². The number of aryl methyl sites for hydroxylation is 1. The fourth-order valence-corrected chi connectivity index (χ4v) is 1.43. The molecule has 0 unspecified atom stereocenters. The normalized spacial score (nSPS) is 10.4. The van der Waals surface area contributed by atoms with Crippen molar-refractivity contribution in [2.45, 2.75) is 0 Å². The smallest absolute Gasteiger partial charge is 0.146 e. The van der Waals surface area contributed by atoms with Crippen LogP contribution in [0.3, 0.4) is 0 Å². The zero-order chi connectivity index (χ0) is 10.1. The third-order valence-corrected chi connectivity index (χ3v) is 2.08. The Morgan fingerprint density at radius 1 is 1.36 bits per heavy atom. The molecule has 72 valence electrons. The molecular formula is C10H11N3O. The first-order valence-corrected chi connectivity index (χ1v) is 4.26. The number of phenols is 1. The van der Waals surface area contributed by atoms with Crippen molar-refractivity contribution < 1.29 is 5.11 Å². The summed E-state index contributed by atoms with van der Waals surface area (Å²) in [6.45, 7) is 0. The third kappa shape index (κ3) is 1.31. The number of para-hydroxylation sites is 1. The maximum atomic E-state index is 9.62. The van der Waals surface area contributed by atoms with Gasteiger partial charge in [-0.1, -0.05) is 12.1 Å². The third-order valence-electron chi connectivity index (χ3n) is 2.08. The van der Waals surface area contributed by atoms with E-state index in [4.69, 9.17) is 5.73 Å². The van der Waals surface area contributed by atoms with Crippen molar-refractivity contribution in [2.24, 2.45) is 7.05 Å². The lowest BCUT2D eigenvalue weighted by Gasteiger charge is -2.03. The number of hydrogen-bond acceptors (Lipinski definition) is 3. The number of nitrogen functional groups attached to an aromatic ring is 1. The van der Waals surface area contributed by atoms with Crippen LogP contribution in [0.1, 0.15) is 0 Å². The first-order valence-electron chi connectivity index (χ1n) is 4.26. The number of aromatic hydroxyl groups is 1. The molecule has 2 rings (SSSR count). The lowest BCUT2D eigenvalue weighted by atomic mass is 10.1. The topological polar surface area (TPSA) is 64.1 Å². The van der Waals surface area contributed by atoms with E-state index >= 15 is 0 Å². The van der Waals surface area contributed by atoms with Crippen LogP contribution in [0.5, 0.6) is 5.75 Å². The van der Waals surface area contributed by atoms with E-state index < -0.39 is 0 Å². The van der Waals surface area contributed by atoms with Gasteiger partial charge in [-0.15, -0.1) is 0 Å². The van der Waals surface area contributed by atoms with Crippen LogP contribution in [0.15, 0.2) is 30.3 Å². The zero-order valence-electron chi connectivity index (χ0n) is 7.81. The van der Waals surface area contributed by atoms with Crippen LogP contribution in [0, 0.1) is 0 Å². The summed E-state index contributed by atoms with van der Waals surface area (Å²) in [6.07, 6.45) is 0. The lowest BCUT2D eigenvalue weighted by molar-refractivity contribution is 0.476. The molecule has 14 heavy (non-hydrogen) atoms. The van der Waals surface area contributed by atoms with Crippen molar-refractivity contribution >= 4 is 5.82 Å². The molecule has 3 N–H and O–H groups in total. The van der Waals surface area contributed by atoms with Crippen molar-refractivity contribution in [1.82, 2.24) is 9.78 Å². The van der Waals surface area contributed by atoms with E-state index in [0.29, 0.717) is 5.82 Å². The van der Waals surface area contributed by atoms with Gasteiger partial charge in [-0.3, -0.25) is 4.68 Å². The van der Waals surface area contributed by atoms with Crippen LogP contribution in [0.2, 0.25) is 0 Å². The number of benzene rings is 1. The van der Waals surface area contributed by atoms with E-state index in [1.165, 1.54) is 0 Å². The molecule has 1 aromatic carbocycles. The molecule has 0 spiro atoms. The Labute approximate surface area is 81.6 Å². The van der Waals surface area contributed by atoms with Gasteiger partial charge in [-0.25, -0.2) is 0 Å². The molecule has 0 radical (unpaired) electrons. The minimum atomic E-state index is 0.232. The molecule has 0 amide bonds. The fourth-order valence-electron chi connectivity index (χ4n) is 1.43. The molecule has 0 atom stereocenters. The second-order valence-electron chi connectivity index (χ2n) is 3.10. The Morgan fingerprint density at radius 3 is 2.64 bits per heavy atom. The molecule has 0 aliphatic carbocycles. The van der Waals surface area contributed by atoms with Gasteiger partial charge in [0.15, 0.2) is 0 Å². The van der Waals surface area contributed by atoms with Crippen LogP contribution in [-0.4, -0.2) is 14.9 Å². The van der Waals surface area contributed by atoms with Gasteiger partial charge in [-0.2, -0.15) is 5.10 Å². The van der Waals surface area contributed by atoms with E-state index in [1.807, 2.05) is 12.1 Å². The lowest BCUT2D eigenvalue weighted by Crippen LogP contribution is -1.94. The van der Waals surface area contributed by atoms with E-state index in [1.54, 1.807) is 29.9 Å². The summed E-state index contributed by atoms with van der Waals surface area (Å²) in [6, 6.07) is 8.83. The molecule has 4 nitrogen and oxygen atoms in total. The molecule has 0 saturated heterocycles. The van der Waals surface area contributed by atoms with Gasteiger partial charge in [0.1, 0.15) is 11.6 Å². The maximum absolute atomic E-state index is 9.62. The largest absolute Gasteiger partial charge is 0.507 e. The minimum absolute atomic E-state index is 0.232. The first kappa shape index (κ1) is 8.62. The summed E-state index contributed by atoms with van der Waals surface area (Å²) >= 11 is 0. The average molecular weight is 189 g/mol. The number of aromatic nitrogens is 2. The first-order chi connectivity index (χ1) is 6.68. The molecule has 1 heterocycles. The monoisotopic (exact) mass is 189 g/mol. The van der Waals surface area contributed by atoms with Crippen LogP contribution in [0.4, 0.5) is 5.82 Å². The van der Waals surface area contributed by atoms with Crippen molar-refractivity contribution in [2.75, 3.05) is 5.73 Å². The quantitative estimate of drug-likeness (QED) is 0.712. The molecule has 2 aromatic rings. The molecule has 0 fully saturated rings. The Bertz CT molecular complexity index is 462. The number of nitrogens with two attached hydrogens (primary N) is 1. The molecule has 1 aromatic heterocycles. The summed E-state index contributed by atoms with van der Waals surface area (Å²) in [5.41, 5.74) is 7.09. The highest BCUT2D eigenvalue weighted by Crippen LogP contribution is 2.28. The highest BCUT2D eigenvalue weighted by Gasteiger charge is 2.08. The van der Waals surface area contributed by atoms with Crippen molar-refractivity contribution in [1.29, 1.82) is 0 Å². The van der Waals surface area contributed by atoms with Gasteiger partial charge >= 0.3 is 0 Å². The van der Waals surface area contributed by atoms with Crippen LogP contribution in [0.25, 0.3) is 11.3 Å². The number of hydrogen-bond donors (Lipinski definition) is 2. The molecule has 4 heteroatoms. The van der Waals surface area contributed by atoms with E-state index in [9.17, 15) is 5.11 Å². The zero-order valence-corrected chi connectivity index (χ0v) is 7.81. The number of rotatable bonds is 1. The summed E-state index contributed by atoms with van der Waals surface area (Å²) < 4.78 is 1.64. The summed E-state index contributed by atoms with van der Waals surface area (Å²) in [4.78, 5) is 0. The second kappa shape index (κ2) is 3.06. The molecule has 0 aliphatic rings. The van der Waals surface area contributed by atoms with Crippen LogP contribution >= 0.6 is 0 Å².